The minimum absolute atomic E-state index is 0.00715. The molecule has 3 atom stereocenters. The zero-order valence-corrected chi connectivity index (χ0v) is 18.3. The Morgan fingerprint density at radius 1 is 1.30 bits per heavy atom. The Morgan fingerprint density at radius 3 is 2.88 bits per heavy atom. The Bertz CT molecular complexity index is 1230. The standard InChI is InChI=1S/C22H26FN7O3/c1-24-19-10-18(26-17-5-2-8-29(22(17)32)13-4-3-9-33-12-13)28-20-14(11-25-30(19)20)21(31)27-16-7-6-15(16)23/h2,5,8,10-11,13,15-16,24H,3-4,6-7,9,12H2,1H3,(H,26,28)(H,27,31)/t13-,15+,16+/m1/s1. The van der Waals surface area contributed by atoms with E-state index in [2.05, 4.69) is 26.0 Å². The number of halogens is 1. The van der Waals surface area contributed by atoms with Gasteiger partial charge in [0.15, 0.2) is 5.65 Å². The molecular weight excluding hydrogens is 429 g/mol. The lowest BCUT2D eigenvalue weighted by Gasteiger charge is -2.30. The van der Waals surface area contributed by atoms with Gasteiger partial charge in [0.05, 0.1) is 24.9 Å². The molecule has 11 heteroatoms. The van der Waals surface area contributed by atoms with Gasteiger partial charge in [-0.25, -0.2) is 9.37 Å². The minimum Gasteiger partial charge on any atom is -0.379 e. The highest BCUT2D eigenvalue weighted by Crippen LogP contribution is 2.25. The Morgan fingerprint density at radius 2 is 2.18 bits per heavy atom. The van der Waals surface area contributed by atoms with Crippen molar-refractivity contribution >= 4 is 28.9 Å². The van der Waals surface area contributed by atoms with Gasteiger partial charge >= 0.3 is 0 Å². The molecule has 33 heavy (non-hydrogen) atoms. The van der Waals surface area contributed by atoms with Gasteiger partial charge in [-0.1, -0.05) is 0 Å². The van der Waals surface area contributed by atoms with Crippen LogP contribution in [0.15, 0.2) is 35.4 Å². The SMILES string of the molecule is CNc1cc(Nc2cccn([C@@H]3CCCOC3)c2=O)nc2c(C(=O)N[C@H]3CC[C@@H]3F)cnn12. The van der Waals surface area contributed by atoms with Gasteiger partial charge in [-0.15, -0.1) is 0 Å². The van der Waals surface area contributed by atoms with E-state index in [1.165, 1.54) is 10.7 Å². The molecule has 1 saturated heterocycles. The van der Waals surface area contributed by atoms with Crippen LogP contribution in [0.2, 0.25) is 0 Å². The summed E-state index contributed by atoms with van der Waals surface area (Å²) in [5.74, 6) is 0.525. The molecule has 1 saturated carbocycles. The van der Waals surface area contributed by atoms with Crippen molar-refractivity contribution in [1.82, 2.24) is 24.5 Å². The Labute approximate surface area is 189 Å². The molecule has 1 amide bonds. The number of amides is 1. The van der Waals surface area contributed by atoms with Gasteiger partial charge in [0.25, 0.3) is 11.5 Å². The average molecular weight is 455 g/mol. The molecule has 3 aromatic heterocycles. The molecule has 0 spiro atoms. The van der Waals surface area contributed by atoms with Crippen molar-refractivity contribution in [3.8, 4) is 0 Å². The molecule has 2 fully saturated rings. The predicted molar refractivity (Wildman–Crippen MR) is 121 cm³/mol. The van der Waals surface area contributed by atoms with E-state index in [0.29, 0.717) is 49.0 Å². The number of ether oxygens (including phenoxy) is 1. The summed E-state index contributed by atoms with van der Waals surface area (Å²) < 4.78 is 22.3. The molecule has 3 aromatic rings. The number of rotatable bonds is 6. The molecule has 0 radical (unpaired) electrons. The van der Waals surface area contributed by atoms with Crippen molar-refractivity contribution in [2.45, 2.75) is 43.9 Å². The second kappa shape index (κ2) is 8.81. The van der Waals surface area contributed by atoms with Gasteiger partial charge in [0.2, 0.25) is 0 Å². The number of aromatic nitrogens is 4. The van der Waals surface area contributed by atoms with E-state index in [-0.39, 0.29) is 17.2 Å². The van der Waals surface area contributed by atoms with E-state index in [9.17, 15) is 14.0 Å². The maximum absolute atomic E-state index is 13.6. The van der Waals surface area contributed by atoms with Crippen LogP contribution in [-0.4, -0.2) is 57.5 Å². The average Bonchev–Trinajstić information content (AvgIpc) is 3.27. The van der Waals surface area contributed by atoms with Gasteiger partial charge in [-0.2, -0.15) is 9.61 Å². The lowest BCUT2D eigenvalue weighted by molar-refractivity contribution is 0.0581. The van der Waals surface area contributed by atoms with Crippen LogP contribution in [0.1, 0.15) is 42.1 Å². The number of fused-ring (bicyclic) bond motifs is 1. The lowest BCUT2D eigenvalue weighted by atomic mass is 9.90. The fourth-order valence-corrected chi connectivity index (χ4v) is 4.21. The van der Waals surface area contributed by atoms with Crippen molar-refractivity contribution < 1.29 is 13.9 Å². The molecule has 3 N–H and O–H groups in total. The summed E-state index contributed by atoms with van der Waals surface area (Å²) in [5, 5.41) is 13.1. The topological polar surface area (TPSA) is 115 Å². The summed E-state index contributed by atoms with van der Waals surface area (Å²) in [6, 6.07) is 4.71. The van der Waals surface area contributed by atoms with E-state index in [1.807, 2.05) is 0 Å². The predicted octanol–water partition coefficient (Wildman–Crippen LogP) is 2.26. The summed E-state index contributed by atoms with van der Waals surface area (Å²) >= 11 is 0. The highest BCUT2D eigenvalue weighted by molar-refractivity contribution is 6.00. The lowest BCUT2D eigenvalue weighted by Crippen LogP contribution is -2.48. The van der Waals surface area contributed by atoms with Crippen LogP contribution >= 0.6 is 0 Å². The van der Waals surface area contributed by atoms with Crippen molar-refractivity contribution in [2.75, 3.05) is 30.9 Å². The van der Waals surface area contributed by atoms with E-state index in [0.717, 1.165) is 12.8 Å². The Hall–Kier alpha value is -3.47. The highest BCUT2D eigenvalue weighted by atomic mass is 19.1. The second-order valence-electron chi connectivity index (χ2n) is 8.37. The van der Waals surface area contributed by atoms with Gasteiger partial charge < -0.3 is 25.3 Å². The number of hydrogen-bond acceptors (Lipinski definition) is 7. The number of carbonyl (C=O) groups excluding carboxylic acids is 1. The molecule has 0 unspecified atom stereocenters. The first kappa shape index (κ1) is 21.4. The van der Waals surface area contributed by atoms with Crippen LogP contribution < -0.4 is 21.5 Å². The number of nitrogens with one attached hydrogen (secondary N) is 3. The molecule has 1 aliphatic heterocycles. The summed E-state index contributed by atoms with van der Waals surface area (Å²) in [4.78, 5) is 30.4. The van der Waals surface area contributed by atoms with E-state index < -0.39 is 18.1 Å². The van der Waals surface area contributed by atoms with Crippen molar-refractivity contribution in [3.63, 3.8) is 0 Å². The summed E-state index contributed by atoms with van der Waals surface area (Å²) in [7, 11) is 1.72. The third-order valence-corrected chi connectivity index (χ3v) is 6.25. The van der Waals surface area contributed by atoms with E-state index in [1.54, 1.807) is 36.0 Å². The summed E-state index contributed by atoms with van der Waals surface area (Å²) in [6.07, 6.45) is 5.01. The smallest absolute Gasteiger partial charge is 0.274 e. The molecule has 4 heterocycles. The van der Waals surface area contributed by atoms with Gasteiger partial charge in [0.1, 0.15) is 29.1 Å². The fraction of sp³-hybridized carbons (Fsp3) is 0.455. The van der Waals surface area contributed by atoms with Crippen molar-refractivity contribution in [3.05, 3.63) is 46.5 Å². The van der Waals surface area contributed by atoms with Crippen molar-refractivity contribution in [1.29, 1.82) is 0 Å². The van der Waals surface area contributed by atoms with E-state index >= 15 is 0 Å². The van der Waals surface area contributed by atoms with Gasteiger partial charge in [0, 0.05) is 25.9 Å². The number of anilines is 3. The minimum atomic E-state index is -1.02. The number of alkyl halides is 1. The first-order chi connectivity index (χ1) is 16.0. The zero-order valence-electron chi connectivity index (χ0n) is 18.3. The van der Waals surface area contributed by atoms with Crippen LogP contribution in [0.4, 0.5) is 21.7 Å². The number of nitrogens with zero attached hydrogens (tertiary/aromatic N) is 4. The number of carbonyl (C=O) groups is 1. The first-order valence-corrected chi connectivity index (χ1v) is 11.1. The molecule has 5 rings (SSSR count). The molecule has 0 aromatic carbocycles. The maximum atomic E-state index is 13.6. The fourth-order valence-electron chi connectivity index (χ4n) is 4.21. The maximum Gasteiger partial charge on any atom is 0.274 e. The number of pyridine rings is 1. The molecule has 174 valence electrons. The normalized spacial score (nSPS) is 22.5. The molecule has 0 bridgehead atoms. The largest absolute Gasteiger partial charge is 0.379 e. The quantitative estimate of drug-likeness (QED) is 0.522. The summed E-state index contributed by atoms with van der Waals surface area (Å²) in [5.41, 5.74) is 0.723. The molecular formula is C22H26FN7O3. The Kier molecular flexibility index (Phi) is 5.71. The van der Waals surface area contributed by atoms with Crippen LogP contribution in [0.25, 0.3) is 5.65 Å². The molecule has 1 aliphatic carbocycles. The van der Waals surface area contributed by atoms with Crippen molar-refractivity contribution in [2.24, 2.45) is 0 Å². The Balaban J connectivity index is 1.46. The van der Waals surface area contributed by atoms with E-state index in [4.69, 9.17) is 4.74 Å². The highest BCUT2D eigenvalue weighted by Gasteiger charge is 2.33. The third kappa shape index (κ3) is 4.04. The number of hydrogen-bond donors (Lipinski definition) is 3. The van der Waals surface area contributed by atoms with Crippen LogP contribution in [-0.2, 0) is 4.74 Å². The molecule has 2 aliphatic rings. The summed E-state index contributed by atoms with van der Waals surface area (Å²) in [6.45, 7) is 1.22. The van der Waals surface area contributed by atoms with Crippen LogP contribution in [0.5, 0.6) is 0 Å². The first-order valence-electron chi connectivity index (χ1n) is 11.1. The second-order valence-corrected chi connectivity index (χ2v) is 8.37. The van der Waals surface area contributed by atoms with Crippen LogP contribution in [0.3, 0.4) is 0 Å². The van der Waals surface area contributed by atoms with Crippen LogP contribution in [0, 0.1) is 0 Å². The third-order valence-electron chi connectivity index (χ3n) is 6.25. The zero-order chi connectivity index (χ0) is 22.9. The molecule has 10 nitrogen and oxygen atoms in total. The monoisotopic (exact) mass is 455 g/mol. The van der Waals surface area contributed by atoms with Gasteiger partial charge in [-0.3, -0.25) is 9.59 Å². The van der Waals surface area contributed by atoms with Gasteiger partial charge in [-0.05, 0) is 37.8 Å².